The Bertz CT molecular complexity index is 812. The van der Waals surface area contributed by atoms with E-state index in [-0.39, 0.29) is 18.4 Å². The fourth-order valence-corrected chi connectivity index (χ4v) is 3.49. The summed E-state index contributed by atoms with van der Waals surface area (Å²) in [6, 6.07) is 13.0. The van der Waals surface area contributed by atoms with Crippen LogP contribution < -0.4 is 4.90 Å². The standard InChI is InChI=1S/C21H24N2O3/c1-4-22(19-10-9-14(2)11-15(19)3)12-16(24)13-23-20(25)17-7-5-6-8-18(17)21(23)26/h5-11,16,24H,4,12-13H2,1-3H3. The third-order valence-corrected chi connectivity index (χ3v) is 4.78. The number of hydrogen-bond acceptors (Lipinski definition) is 4. The Hall–Kier alpha value is -2.66. The molecule has 0 spiro atoms. The maximum absolute atomic E-state index is 12.4. The molecule has 0 radical (unpaired) electrons. The summed E-state index contributed by atoms with van der Waals surface area (Å²) in [4.78, 5) is 28.1. The molecule has 2 amide bonds. The van der Waals surface area contributed by atoms with E-state index in [1.807, 2.05) is 32.9 Å². The molecule has 0 aliphatic carbocycles. The minimum atomic E-state index is -0.821. The van der Waals surface area contributed by atoms with Crippen molar-refractivity contribution in [3.05, 3.63) is 64.7 Å². The van der Waals surface area contributed by atoms with Crippen molar-refractivity contribution in [1.29, 1.82) is 0 Å². The van der Waals surface area contributed by atoms with Crippen molar-refractivity contribution < 1.29 is 14.7 Å². The molecule has 0 saturated heterocycles. The molecule has 1 aliphatic rings. The molecule has 0 aromatic heterocycles. The molecule has 3 rings (SSSR count). The molecule has 2 aromatic rings. The molecule has 136 valence electrons. The Balaban J connectivity index is 1.71. The van der Waals surface area contributed by atoms with E-state index < -0.39 is 6.10 Å². The normalized spacial score (nSPS) is 14.5. The number of aliphatic hydroxyl groups excluding tert-OH is 1. The molecule has 2 aromatic carbocycles. The van der Waals surface area contributed by atoms with E-state index in [1.165, 1.54) is 5.56 Å². The number of rotatable bonds is 6. The lowest BCUT2D eigenvalue weighted by atomic mass is 10.1. The van der Waals surface area contributed by atoms with Gasteiger partial charge in [-0.15, -0.1) is 0 Å². The van der Waals surface area contributed by atoms with E-state index in [1.54, 1.807) is 24.3 Å². The number of carbonyl (C=O) groups excluding carboxylic acids is 2. The molecule has 0 fully saturated rings. The van der Waals surface area contributed by atoms with Gasteiger partial charge in [-0.25, -0.2) is 0 Å². The maximum atomic E-state index is 12.4. The van der Waals surface area contributed by atoms with Gasteiger partial charge in [-0.3, -0.25) is 14.5 Å². The van der Waals surface area contributed by atoms with Crippen LogP contribution in [0.4, 0.5) is 5.69 Å². The van der Waals surface area contributed by atoms with E-state index in [2.05, 4.69) is 11.0 Å². The largest absolute Gasteiger partial charge is 0.389 e. The van der Waals surface area contributed by atoms with Crippen LogP contribution in [0, 0.1) is 13.8 Å². The van der Waals surface area contributed by atoms with Gasteiger partial charge in [0.05, 0.1) is 23.8 Å². The van der Waals surface area contributed by atoms with Crippen LogP contribution in [0.25, 0.3) is 0 Å². The molecular weight excluding hydrogens is 328 g/mol. The van der Waals surface area contributed by atoms with Gasteiger partial charge in [0, 0.05) is 18.8 Å². The second-order valence-electron chi connectivity index (χ2n) is 6.75. The number of benzene rings is 2. The average molecular weight is 352 g/mol. The number of anilines is 1. The van der Waals surface area contributed by atoms with Crippen LogP contribution in [0.3, 0.4) is 0 Å². The van der Waals surface area contributed by atoms with Gasteiger partial charge in [0.1, 0.15) is 0 Å². The summed E-state index contributed by atoms with van der Waals surface area (Å²) < 4.78 is 0. The number of aryl methyl sites for hydroxylation is 2. The first-order valence-electron chi connectivity index (χ1n) is 8.87. The van der Waals surface area contributed by atoms with Gasteiger partial charge < -0.3 is 10.0 Å². The van der Waals surface area contributed by atoms with Crippen LogP contribution in [0.15, 0.2) is 42.5 Å². The molecule has 1 aliphatic heterocycles. The number of imide groups is 1. The number of amides is 2. The predicted molar refractivity (Wildman–Crippen MR) is 102 cm³/mol. The molecular formula is C21H24N2O3. The molecule has 5 nitrogen and oxygen atoms in total. The maximum Gasteiger partial charge on any atom is 0.261 e. The van der Waals surface area contributed by atoms with Crippen molar-refractivity contribution in [2.75, 3.05) is 24.5 Å². The minimum Gasteiger partial charge on any atom is -0.389 e. The summed E-state index contributed by atoms with van der Waals surface area (Å²) in [5.74, 6) is -0.668. The van der Waals surface area contributed by atoms with Gasteiger partial charge >= 0.3 is 0 Å². The number of aliphatic hydroxyl groups is 1. The number of β-amino-alcohol motifs (C(OH)–C–C–N with tert-alkyl or cyclic N) is 1. The van der Waals surface area contributed by atoms with Gasteiger partial charge in [0.2, 0.25) is 0 Å². The van der Waals surface area contributed by atoms with E-state index in [9.17, 15) is 14.7 Å². The summed E-state index contributed by atoms with van der Waals surface area (Å²) in [7, 11) is 0. The SMILES string of the molecule is CCN(CC(O)CN1C(=O)c2ccccc2C1=O)c1ccc(C)cc1C. The van der Waals surface area contributed by atoms with Crippen LogP contribution in [-0.2, 0) is 0 Å². The fraction of sp³-hybridized carbons (Fsp3) is 0.333. The molecule has 1 N–H and O–H groups in total. The van der Waals surface area contributed by atoms with Gasteiger partial charge in [-0.2, -0.15) is 0 Å². The zero-order chi connectivity index (χ0) is 18.8. The third kappa shape index (κ3) is 3.35. The Morgan fingerprint density at radius 3 is 2.19 bits per heavy atom. The Kier molecular flexibility index (Phi) is 5.09. The number of nitrogens with zero attached hydrogens (tertiary/aromatic N) is 2. The molecule has 5 heteroatoms. The highest BCUT2D eigenvalue weighted by Crippen LogP contribution is 2.24. The highest BCUT2D eigenvalue weighted by Gasteiger charge is 2.36. The molecule has 26 heavy (non-hydrogen) atoms. The van der Waals surface area contributed by atoms with Crippen LogP contribution in [0.2, 0.25) is 0 Å². The molecule has 1 heterocycles. The number of hydrogen-bond donors (Lipinski definition) is 1. The van der Waals surface area contributed by atoms with Crippen molar-refractivity contribution in [2.24, 2.45) is 0 Å². The monoisotopic (exact) mass is 352 g/mol. The summed E-state index contributed by atoms with van der Waals surface area (Å²) in [5.41, 5.74) is 4.20. The third-order valence-electron chi connectivity index (χ3n) is 4.78. The van der Waals surface area contributed by atoms with Crippen LogP contribution in [-0.4, -0.2) is 47.6 Å². The van der Waals surface area contributed by atoms with Crippen molar-refractivity contribution in [3.8, 4) is 0 Å². The van der Waals surface area contributed by atoms with E-state index >= 15 is 0 Å². The minimum absolute atomic E-state index is 0.00619. The molecule has 1 atom stereocenters. The number of likely N-dealkylation sites (N-methyl/N-ethyl adjacent to an activating group) is 1. The zero-order valence-corrected chi connectivity index (χ0v) is 15.4. The summed E-state index contributed by atoms with van der Waals surface area (Å²) in [6.45, 7) is 7.18. The average Bonchev–Trinajstić information content (AvgIpc) is 2.85. The number of fused-ring (bicyclic) bond motifs is 1. The lowest BCUT2D eigenvalue weighted by Gasteiger charge is -2.29. The predicted octanol–water partition coefficient (Wildman–Crippen LogP) is 2.79. The van der Waals surface area contributed by atoms with Crippen molar-refractivity contribution >= 4 is 17.5 Å². The highest BCUT2D eigenvalue weighted by atomic mass is 16.3. The smallest absolute Gasteiger partial charge is 0.261 e. The quantitative estimate of drug-likeness (QED) is 0.812. The molecule has 0 bridgehead atoms. The van der Waals surface area contributed by atoms with Crippen molar-refractivity contribution in [1.82, 2.24) is 4.90 Å². The zero-order valence-electron chi connectivity index (χ0n) is 15.4. The van der Waals surface area contributed by atoms with Crippen molar-refractivity contribution in [2.45, 2.75) is 26.9 Å². The van der Waals surface area contributed by atoms with E-state index in [0.717, 1.165) is 22.7 Å². The lowest BCUT2D eigenvalue weighted by Crippen LogP contribution is -2.42. The Morgan fingerprint density at radius 2 is 1.65 bits per heavy atom. The van der Waals surface area contributed by atoms with E-state index in [4.69, 9.17) is 0 Å². The summed E-state index contributed by atoms with van der Waals surface area (Å²) in [5, 5.41) is 10.5. The molecule has 0 saturated carbocycles. The van der Waals surface area contributed by atoms with Gasteiger partial charge in [-0.1, -0.05) is 29.8 Å². The lowest BCUT2D eigenvalue weighted by molar-refractivity contribution is 0.0551. The molecule has 1 unspecified atom stereocenters. The van der Waals surface area contributed by atoms with Crippen LogP contribution >= 0.6 is 0 Å². The van der Waals surface area contributed by atoms with Crippen LogP contribution in [0.1, 0.15) is 38.8 Å². The second-order valence-corrected chi connectivity index (χ2v) is 6.75. The number of carbonyl (C=O) groups is 2. The Morgan fingerprint density at radius 1 is 1.04 bits per heavy atom. The first kappa shape index (κ1) is 18.1. The van der Waals surface area contributed by atoms with Gasteiger partial charge in [-0.05, 0) is 44.5 Å². The summed E-state index contributed by atoms with van der Waals surface area (Å²) in [6.07, 6.45) is -0.821. The van der Waals surface area contributed by atoms with Gasteiger partial charge in [0.15, 0.2) is 0 Å². The fourth-order valence-electron chi connectivity index (χ4n) is 3.49. The van der Waals surface area contributed by atoms with E-state index in [0.29, 0.717) is 17.7 Å². The van der Waals surface area contributed by atoms with Gasteiger partial charge in [0.25, 0.3) is 11.8 Å². The highest BCUT2D eigenvalue weighted by molar-refractivity contribution is 6.21. The topological polar surface area (TPSA) is 60.9 Å². The van der Waals surface area contributed by atoms with Crippen molar-refractivity contribution in [3.63, 3.8) is 0 Å². The second kappa shape index (κ2) is 7.30. The Labute approximate surface area is 153 Å². The van der Waals surface area contributed by atoms with Crippen LogP contribution in [0.5, 0.6) is 0 Å². The first-order chi connectivity index (χ1) is 12.4. The first-order valence-corrected chi connectivity index (χ1v) is 8.87. The summed E-state index contributed by atoms with van der Waals surface area (Å²) >= 11 is 0.